The molecule has 2 aromatic rings. The third kappa shape index (κ3) is 4.84. The van der Waals surface area contributed by atoms with E-state index >= 15 is 0 Å². The van der Waals surface area contributed by atoms with Crippen molar-refractivity contribution < 1.29 is 4.74 Å². The lowest BCUT2D eigenvalue weighted by Gasteiger charge is -2.27. The number of ether oxygens (including phenoxy) is 1. The number of fused-ring (bicyclic) bond motifs is 1. The van der Waals surface area contributed by atoms with Crippen molar-refractivity contribution in [2.75, 3.05) is 32.0 Å². The lowest BCUT2D eigenvalue weighted by atomic mass is 10.1. The molecular weight excluding hydrogens is 354 g/mol. The van der Waals surface area contributed by atoms with Crippen LogP contribution in [0.25, 0.3) is 5.57 Å². The van der Waals surface area contributed by atoms with Crippen molar-refractivity contribution in [1.29, 1.82) is 5.26 Å². The minimum Gasteiger partial charge on any atom is -0.470 e. The van der Waals surface area contributed by atoms with Gasteiger partial charge in [0.25, 0.3) is 0 Å². The van der Waals surface area contributed by atoms with Crippen LogP contribution in [0.1, 0.15) is 16.8 Å². The van der Waals surface area contributed by atoms with E-state index in [4.69, 9.17) is 15.7 Å². The Kier molecular flexibility index (Phi) is 6.54. The van der Waals surface area contributed by atoms with E-state index in [2.05, 4.69) is 25.6 Å². The molecule has 0 radical (unpaired) electrons. The van der Waals surface area contributed by atoms with Crippen LogP contribution < -0.4 is 21.1 Å². The first-order valence-corrected chi connectivity index (χ1v) is 9.04. The summed E-state index contributed by atoms with van der Waals surface area (Å²) in [6, 6.07) is 7.64. The molecule has 3 heterocycles. The SMILES string of the molecule is CN=C/C(=C\N)c1cnc2c(c1)NCC(CNCCc1ccc(C#N)nc1)O2. The number of allylic oxidation sites excluding steroid dienone is 1. The van der Waals surface area contributed by atoms with Crippen LogP contribution in [0.2, 0.25) is 0 Å². The number of nitrogens with two attached hydrogens (primary N) is 1. The van der Waals surface area contributed by atoms with Gasteiger partial charge in [-0.25, -0.2) is 9.97 Å². The van der Waals surface area contributed by atoms with E-state index in [1.54, 1.807) is 31.7 Å². The third-order valence-electron chi connectivity index (χ3n) is 4.33. The number of pyridine rings is 2. The summed E-state index contributed by atoms with van der Waals surface area (Å²) < 4.78 is 5.97. The fourth-order valence-corrected chi connectivity index (χ4v) is 2.85. The zero-order valence-corrected chi connectivity index (χ0v) is 15.7. The maximum Gasteiger partial charge on any atom is 0.237 e. The summed E-state index contributed by atoms with van der Waals surface area (Å²) in [6.45, 7) is 2.19. The molecule has 1 aliphatic rings. The number of hydrogen-bond donors (Lipinski definition) is 3. The van der Waals surface area contributed by atoms with Gasteiger partial charge in [-0.05, 0) is 30.7 Å². The first kappa shape index (κ1) is 19.3. The second-order valence-electron chi connectivity index (χ2n) is 6.32. The molecule has 0 aliphatic carbocycles. The molecule has 4 N–H and O–H groups in total. The first-order valence-electron chi connectivity index (χ1n) is 9.04. The zero-order chi connectivity index (χ0) is 19.8. The van der Waals surface area contributed by atoms with Gasteiger partial charge in [0.05, 0.1) is 12.2 Å². The topological polar surface area (TPSA) is 121 Å². The highest BCUT2D eigenvalue weighted by molar-refractivity contribution is 6.09. The summed E-state index contributed by atoms with van der Waals surface area (Å²) in [5.74, 6) is 0.586. The first-order chi connectivity index (χ1) is 13.7. The predicted octanol–water partition coefficient (Wildman–Crippen LogP) is 1.35. The van der Waals surface area contributed by atoms with Crippen LogP contribution in [-0.4, -0.2) is 49.0 Å². The van der Waals surface area contributed by atoms with E-state index in [9.17, 15) is 0 Å². The number of rotatable bonds is 7. The summed E-state index contributed by atoms with van der Waals surface area (Å²) in [7, 11) is 1.70. The molecule has 0 saturated carbocycles. The number of aromatic nitrogens is 2. The number of nitriles is 1. The van der Waals surface area contributed by atoms with Crippen LogP contribution in [0.5, 0.6) is 5.88 Å². The predicted molar refractivity (Wildman–Crippen MR) is 109 cm³/mol. The second kappa shape index (κ2) is 9.48. The van der Waals surface area contributed by atoms with Crippen molar-refractivity contribution in [3.05, 3.63) is 53.6 Å². The summed E-state index contributed by atoms with van der Waals surface area (Å²) in [6.07, 6.45) is 7.51. The van der Waals surface area contributed by atoms with Crippen molar-refractivity contribution in [3.63, 3.8) is 0 Å². The van der Waals surface area contributed by atoms with Gasteiger partial charge in [0, 0.05) is 49.5 Å². The Morgan fingerprint density at radius 1 is 1.46 bits per heavy atom. The lowest BCUT2D eigenvalue weighted by Crippen LogP contribution is -2.40. The number of hydrogen-bond acceptors (Lipinski definition) is 8. The largest absolute Gasteiger partial charge is 0.470 e. The van der Waals surface area contributed by atoms with Gasteiger partial charge in [0.2, 0.25) is 5.88 Å². The molecule has 1 aliphatic heterocycles. The fraction of sp³-hybridized carbons (Fsp3) is 0.300. The summed E-state index contributed by atoms with van der Waals surface area (Å²) in [4.78, 5) is 12.5. The number of nitrogens with one attached hydrogen (secondary N) is 2. The lowest BCUT2D eigenvalue weighted by molar-refractivity contribution is 0.194. The van der Waals surface area contributed by atoms with Gasteiger partial charge in [-0.1, -0.05) is 6.07 Å². The zero-order valence-electron chi connectivity index (χ0n) is 15.7. The minimum atomic E-state index is -0.00772. The molecule has 1 unspecified atom stereocenters. The quantitative estimate of drug-likeness (QED) is 0.492. The van der Waals surface area contributed by atoms with E-state index in [1.165, 1.54) is 6.20 Å². The molecule has 8 nitrogen and oxygen atoms in total. The summed E-state index contributed by atoms with van der Waals surface area (Å²) in [5, 5.41) is 15.5. The van der Waals surface area contributed by atoms with Gasteiger partial charge >= 0.3 is 0 Å². The molecule has 0 bridgehead atoms. The average molecular weight is 377 g/mol. The molecule has 3 rings (SSSR count). The maximum atomic E-state index is 8.77. The highest BCUT2D eigenvalue weighted by atomic mass is 16.5. The second-order valence-corrected chi connectivity index (χ2v) is 6.32. The molecule has 0 fully saturated rings. The Morgan fingerprint density at radius 3 is 3.07 bits per heavy atom. The van der Waals surface area contributed by atoms with Crippen LogP contribution in [0, 0.1) is 11.3 Å². The van der Waals surface area contributed by atoms with E-state index in [1.807, 2.05) is 18.2 Å². The summed E-state index contributed by atoms with van der Waals surface area (Å²) in [5.41, 5.74) is 9.72. The number of nitrogens with zero attached hydrogens (tertiary/aromatic N) is 4. The summed E-state index contributed by atoms with van der Waals surface area (Å²) >= 11 is 0. The normalized spacial score (nSPS) is 16.1. The Labute approximate surface area is 164 Å². The molecule has 0 aromatic carbocycles. The van der Waals surface area contributed by atoms with Gasteiger partial charge in [0.15, 0.2) is 0 Å². The van der Waals surface area contributed by atoms with Crippen molar-refractivity contribution in [1.82, 2.24) is 15.3 Å². The molecule has 2 aromatic heterocycles. The van der Waals surface area contributed by atoms with Gasteiger partial charge < -0.3 is 21.1 Å². The Bertz CT molecular complexity index is 900. The van der Waals surface area contributed by atoms with Gasteiger partial charge in [0.1, 0.15) is 17.9 Å². The standard InChI is InChI=1S/C20H23N7O/c1-23-10-16(7-21)15-6-19-20(27-11-15)28-18(13-26-19)12-24-5-4-14-2-3-17(8-22)25-9-14/h2-3,6-7,9-11,18,24,26H,4-5,12-13,21H2,1H3/b16-7+,23-10?. The smallest absolute Gasteiger partial charge is 0.237 e. The monoisotopic (exact) mass is 377 g/mol. The van der Waals surface area contributed by atoms with Crippen LogP contribution in [0.4, 0.5) is 5.69 Å². The number of aliphatic imine (C=N–C) groups is 1. The average Bonchev–Trinajstić information content (AvgIpc) is 2.75. The van der Waals surface area contributed by atoms with Crippen molar-refractivity contribution in [3.8, 4) is 11.9 Å². The third-order valence-corrected chi connectivity index (χ3v) is 4.33. The van der Waals surface area contributed by atoms with E-state index < -0.39 is 0 Å². The Morgan fingerprint density at radius 2 is 2.36 bits per heavy atom. The van der Waals surface area contributed by atoms with Gasteiger partial charge in [-0.3, -0.25) is 4.99 Å². The molecule has 144 valence electrons. The van der Waals surface area contributed by atoms with E-state index in [-0.39, 0.29) is 6.10 Å². The van der Waals surface area contributed by atoms with Crippen molar-refractivity contribution in [2.24, 2.45) is 10.7 Å². The molecular formula is C20H23N7O. The Hall–Kier alpha value is -3.44. The minimum absolute atomic E-state index is 0.00772. The maximum absolute atomic E-state index is 8.77. The fourth-order valence-electron chi connectivity index (χ4n) is 2.85. The van der Waals surface area contributed by atoms with E-state index in [0.29, 0.717) is 24.7 Å². The van der Waals surface area contributed by atoms with Gasteiger partial charge in [-0.2, -0.15) is 5.26 Å². The van der Waals surface area contributed by atoms with Crippen LogP contribution in [-0.2, 0) is 6.42 Å². The van der Waals surface area contributed by atoms with Crippen LogP contribution in [0.3, 0.4) is 0 Å². The molecule has 0 spiro atoms. The molecule has 0 saturated heterocycles. The highest BCUT2D eigenvalue weighted by Gasteiger charge is 2.20. The molecule has 28 heavy (non-hydrogen) atoms. The van der Waals surface area contributed by atoms with Gasteiger partial charge in [-0.15, -0.1) is 0 Å². The molecule has 1 atom stereocenters. The van der Waals surface area contributed by atoms with Crippen molar-refractivity contribution in [2.45, 2.75) is 12.5 Å². The van der Waals surface area contributed by atoms with Crippen LogP contribution in [0.15, 0.2) is 41.8 Å². The molecule has 8 heteroatoms. The Balaban J connectivity index is 1.49. The van der Waals surface area contributed by atoms with Crippen molar-refractivity contribution >= 4 is 17.5 Å². The molecule has 0 amide bonds. The number of anilines is 1. The van der Waals surface area contributed by atoms with E-state index in [0.717, 1.165) is 35.4 Å². The van der Waals surface area contributed by atoms with Crippen LogP contribution >= 0.6 is 0 Å². The highest BCUT2D eigenvalue weighted by Crippen LogP contribution is 2.29.